The standard InChI is InChI=1S/C17H16BrF2N3O3S/c1-8(2)14(21-16(25)13-9(19)4-3-5-10(13)20)17(26)23-22-15(24)11-6-7-12(18)27-11/h3-8,14H,1-2H3,(H,21,25)(H,22,24)(H,23,26)/t14-/m0/s1. The number of nitrogens with one attached hydrogen (secondary N) is 3. The van der Waals surface area contributed by atoms with Crippen LogP contribution in [0.25, 0.3) is 0 Å². The van der Waals surface area contributed by atoms with E-state index in [1.54, 1.807) is 26.0 Å². The van der Waals surface area contributed by atoms with E-state index >= 15 is 0 Å². The third-order valence-electron chi connectivity index (χ3n) is 3.52. The average molecular weight is 460 g/mol. The number of thiophene rings is 1. The van der Waals surface area contributed by atoms with Crippen molar-refractivity contribution in [1.82, 2.24) is 16.2 Å². The highest BCUT2D eigenvalue weighted by Gasteiger charge is 2.27. The Bertz CT molecular complexity index is 853. The first kappa shape index (κ1) is 21.0. The molecule has 3 amide bonds. The SMILES string of the molecule is CC(C)[C@H](NC(=O)c1c(F)cccc1F)C(=O)NNC(=O)c1ccc(Br)s1. The van der Waals surface area contributed by atoms with Crippen LogP contribution in [-0.4, -0.2) is 23.8 Å². The fraction of sp³-hybridized carbons (Fsp3) is 0.235. The van der Waals surface area contributed by atoms with Gasteiger partial charge in [-0.1, -0.05) is 19.9 Å². The highest BCUT2D eigenvalue weighted by atomic mass is 79.9. The number of carbonyl (C=O) groups is 3. The summed E-state index contributed by atoms with van der Waals surface area (Å²) < 4.78 is 28.2. The average Bonchev–Trinajstić information content (AvgIpc) is 3.03. The normalized spacial score (nSPS) is 11.8. The smallest absolute Gasteiger partial charge is 0.279 e. The van der Waals surface area contributed by atoms with E-state index in [0.717, 1.165) is 22.0 Å². The lowest BCUT2D eigenvalue weighted by Gasteiger charge is -2.22. The Morgan fingerprint density at radius 3 is 2.15 bits per heavy atom. The summed E-state index contributed by atoms with van der Waals surface area (Å²) in [6.45, 7) is 3.28. The molecule has 0 saturated carbocycles. The zero-order valence-corrected chi connectivity index (χ0v) is 16.7. The zero-order chi connectivity index (χ0) is 20.1. The molecule has 1 aromatic carbocycles. The van der Waals surface area contributed by atoms with Crippen LogP contribution < -0.4 is 16.2 Å². The van der Waals surface area contributed by atoms with Crippen molar-refractivity contribution in [3.63, 3.8) is 0 Å². The molecule has 6 nitrogen and oxygen atoms in total. The van der Waals surface area contributed by atoms with Crippen LogP contribution in [0.2, 0.25) is 0 Å². The fourth-order valence-corrected chi connectivity index (χ4v) is 3.44. The van der Waals surface area contributed by atoms with Crippen LogP contribution in [0.5, 0.6) is 0 Å². The lowest BCUT2D eigenvalue weighted by atomic mass is 10.0. The molecule has 0 aliphatic heterocycles. The molecule has 27 heavy (non-hydrogen) atoms. The number of benzene rings is 1. The summed E-state index contributed by atoms with van der Waals surface area (Å²) in [7, 11) is 0. The third-order valence-corrected chi connectivity index (χ3v) is 5.14. The minimum absolute atomic E-state index is 0.362. The summed E-state index contributed by atoms with van der Waals surface area (Å²) in [5.74, 6) is -4.80. The van der Waals surface area contributed by atoms with Crippen LogP contribution in [0.3, 0.4) is 0 Å². The Kier molecular flexibility index (Phi) is 7.03. The van der Waals surface area contributed by atoms with Gasteiger partial charge in [0.25, 0.3) is 17.7 Å². The first-order chi connectivity index (χ1) is 12.7. The van der Waals surface area contributed by atoms with E-state index in [0.29, 0.717) is 4.88 Å². The third kappa shape index (κ3) is 5.33. The second-order valence-electron chi connectivity index (χ2n) is 5.84. The highest BCUT2D eigenvalue weighted by molar-refractivity contribution is 9.11. The van der Waals surface area contributed by atoms with Gasteiger partial charge in [-0.15, -0.1) is 11.3 Å². The van der Waals surface area contributed by atoms with E-state index in [1.807, 2.05) is 0 Å². The van der Waals surface area contributed by atoms with E-state index in [2.05, 4.69) is 32.1 Å². The Morgan fingerprint density at radius 1 is 1.00 bits per heavy atom. The Hall–Kier alpha value is -2.33. The molecule has 0 bridgehead atoms. The van der Waals surface area contributed by atoms with Crippen molar-refractivity contribution in [2.45, 2.75) is 19.9 Å². The molecule has 1 aromatic heterocycles. The van der Waals surface area contributed by atoms with Gasteiger partial charge in [0.1, 0.15) is 23.2 Å². The maximum Gasteiger partial charge on any atom is 0.279 e. The van der Waals surface area contributed by atoms with Crippen molar-refractivity contribution in [3.8, 4) is 0 Å². The minimum atomic E-state index is -1.12. The number of carbonyl (C=O) groups excluding carboxylic acids is 3. The van der Waals surface area contributed by atoms with E-state index in [-0.39, 0.29) is 0 Å². The van der Waals surface area contributed by atoms with Gasteiger partial charge in [0.05, 0.1) is 8.66 Å². The van der Waals surface area contributed by atoms with Crippen molar-refractivity contribution < 1.29 is 23.2 Å². The number of amides is 3. The summed E-state index contributed by atoms with van der Waals surface area (Å²) in [5, 5.41) is 2.29. The minimum Gasteiger partial charge on any atom is -0.340 e. The van der Waals surface area contributed by atoms with E-state index in [1.165, 1.54) is 11.3 Å². The largest absolute Gasteiger partial charge is 0.340 e. The van der Waals surface area contributed by atoms with Crippen LogP contribution in [0, 0.1) is 17.6 Å². The summed E-state index contributed by atoms with van der Waals surface area (Å²) in [4.78, 5) is 36.9. The van der Waals surface area contributed by atoms with E-state index in [4.69, 9.17) is 0 Å². The molecule has 0 aliphatic rings. The summed E-state index contributed by atoms with van der Waals surface area (Å²) >= 11 is 4.40. The number of rotatable bonds is 5. The first-order valence-corrected chi connectivity index (χ1v) is 9.42. The quantitative estimate of drug-likeness (QED) is 0.600. The Morgan fingerprint density at radius 2 is 1.63 bits per heavy atom. The van der Waals surface area contributed by atoms with Gasteiger partial charge in [0.15, 0.2) is 0 Å². The lowest BCUT2D eigenvalue weighted by Crippen LogP contribution is -2.54. The molecule has 3 N–H and O–H groups in total. The molecule has 0 spiro atoms. The van der Waals surface area contributed by atoms with Crippen LogP contribution in [0.15, 0.2) is 34.1 Å². The van der Waals surface area contributed by atoms with Gasteiger partial charge in [-0.05, 0) is 46.1 Å². The molecule has 2 aromatic rings. The van der Waals surface area contributed by atoms with Crippen molar-refractivity contribution >= 4 is 45.0 Å². The van der Waals surface area contributed by atoms with Crippen LogP contribution in [0.1, 0.15) is 33.9 Å². The number of hydrogen-bond donors (Lipinski definition) is 3. The van der Waals surface area contributed by atoms with Crippen molar-refractivity contribution in [1.29, 1.82) is 0 Å². The Labute approximate surface area is 166 Å². The monoisotopic (exact) mass is 459 g/mol. The molecule has 1 heterocycles. The van der Waals surface area contributed by atoms with Gasteiger partial charge in [0, 0.05) is 0 Å². The molecular weight excluding hydrogens is 444 g/mol. The molecule has 0 saturated heterocycles. The molecule has 0 radical (unpaired) electrons. The molecule has 1 atom stereocenters. The number of hydrazine groups is 1. The van der Waals surface area contributed by atoms with E-state index < -0.39 is 46.9 Å². The molecule has 0 unspecified atom stereocenters. The molecule has 10 heteroatoms. The van der Waals surface area contributed by atoms with Gasteiger partial charge < -0.3 is 5.32 Å². The van der Waals surface area contributed by atoms with Crippen LogP contribution in [0.4, 0.5) is 8.78 Å². The van der Waals surface area contributed by atoms with Gasteiger partial charge in [-0.2, -0.15) is 0 Å². The highest BCUT2D eigenvalue weighted by Crippen LogP contribution is 2.21. The Balaban J connectivity index is 2.04. The molecule has 0 fully saturated rings. The second-order valence-corrected chi connectivity index (χ2v) is 8.30. The summed E-state index contributed by atoms with van der Waals surface area (Å²) in [6.07, 6.45) is 0. The second kappa shape index (κ2) is 9.05. The van der Waals surface area contributed by atoms with E-state index in [9.17, 15) is 23.2 Å². The van der Waals surface area contributed by atoms with Crippen LogP contribution in [-0.2, 0) is 4.79 Å². The van der Waals surface area contributed by atoms with Gasteiger partial charge in [-0.25, -0.2) is 8.78 Å². The van der Waals surface area contributed by atoms with Crippen molar-refractivity contribution in [3.05, 3.63) is 56.2 Å². The molecule has 144 valence electrons. The zero-order valence-electron chi connectivity index (χ0n) is 14.3. The maximum atomic E-state index is 13.7. The molecule has 0 aliphatic carbocycles. The number of hydrogen-bond acceptors (Lipinski definition) is 4. The summed E-state index contributed by atoms with van der Waals surface area (Å²) in [5.41, 5.74) is 3.67. The predicted molar refractivity (Wildman–Crippen MR) is 100 cm³/mol. The number of halogens is 3. The maximum absolute atomic E-state index is 13.7. The van der Waals surface area contributed by atoms with Gasteiger partial charge >= 0.3 is 0 Å². The predicted octanol–water partition coefficient (Wildman–Crippen LogP) is 3.00. The van der Waals surface area contributed by atoms with Crippen molar-refractivity contribution in [2.75, 3.05) is 0 Å². The molecular formula is C17H16BrF2N3O3S. The van der Waals surface area contributed by atoms with Gasteiger partial charge in [-0.3, -0.25) is 25.2 Å². The molecule has 2 rings (SSSR count). The van der Waals surface area contributed by atoms with Gasteiger partial charge in [0.2, 0.25) is 0 Å². The lowest BCUT2D eigenvalue weighted by molar-refractivity contribution is -0.124. The van der Waals surface area contributed by atoms with Crippen LogP contribution >= 0.6 is 27.3 Å². The topological polar surface area (TPSA) is 87.3 Å². The van der Waals surface area contributed by atoms with Crippen molar-refractivity contribution in [2.24, 2.45) is 5.92 Å². The summed E-state index contributed by atoms with van der Waals surface area (Å²) in [6, 6.07) is 5.16. The first-order valence-electron chi connectivity index (χ1n) is 7.81. The fourth-order valence-electron chi connectivity index (χ4n) is 2.16.